The molecule has 0 aliphatic carbocycles. The number of hydrogen-bond donors (Lipinski definition) is 0. The van der Waals surface area contributed by atoms with Crippen LogP contribution in [0.5, 0.6) is 0 Å². The third-order valence-corrected chi connectivity index (χ3v) is 12.9. The third-order valence-electron chi connectivity index (χ3n) is 8.05. The Balaban J connectivity index is 1.49. The smallest absolute Gasteiger partial charge is 0.0735 e. The van der Waals surface area contributed by atoms with Gasteiger partial charge < -0.3 is 0 Å². The zero-order valence-corrected chi connectivity index (χ0v) is 25.9. The molecule has 2 aromatic heterocycles. The van der Waals surface area contributed by atoms with Crippen molar-refractivity contribution >= 4 is 69.7 Å². The van der Waals surface area contributed by atoms with Gasteiger partial charge in [-0.25, -0.2) is 9.35 Å². The summed E-state index contributed by atoms with van der Waals surface area (Å²) in [4.78, 5) is 0. The Morgan fingerprint density at radius 3 is 0.886 bits per heavy atom. The first-order chi connectivity index (χ1) is 21.9. The van der Waals surface area contributed by atoms with Crippen LogP contribution >= 0.6 is 15.8 Å². The summed E-state index contributed by atoms with van der Waals surface area (Å²) in [6.45, 7) is 0. The minimum atomic E-state index is -0.865. The Kier molecular flexibility index (Phi) is 7.17. The van der Waals surface area contributed by atoms with E-state index in [1.165, 1.54) is 53.9 Å². The number of nitrogens with zero attached hydrogens (tertiary/aromatic N) is 2. The zero-order valence-electron chi connectivity index (χ0n) is 24.1. The van der Waals surface area contributed by atoms with Gasteiger partial charge in [0.25, 0.3) is 0 Å². The highest BCUT2D eigenvalue weighted by molar-refractivity contribution is 7.80. The fraction of sp³-hybridized carbons (Fsp3) is 0. The number of aromatic nitrogens is 2. The molecule has 4 heteroatoms. The molecule has 2 nitrogen and oxygen atoms in total. The van der Waals surface area contributed by atoms with E-state index < -0.39 is 15.8 Å². The Labute approximate surface area is 260 Å². The van der Waals surface area contributed by atoms with Crippen LogP contribution in [0.1, 0.15) is 0 Å². The van der Waals surface area contributed by atoms with Gasteiger partial charge in [-0.2, -0.15) is 0 Å². The highest BCUT2D eigenvalue weighted by atomic mass is 31.1. The van der Waals surface area contributed by atoms with Crippen molar-refractivity contribution in [2.24, 2.45) is 0 Å². The molecule has 0 spiro atoms. The van der Waals surface area contributed by atoms with Crippen molar-refractivity contribution in [1.29, 1.82) is 0 Å². The lowest BCUT2D eigenvalue weighted by molar-refractivity contribution is 0.760. The predicted octanol–water partition coefficient (Wildman–Crippen LogP) is 7.42. The first-order valence-corrected chi connectivity index (χ1v) is 17.6. The SMILES string of the molecule is c1ccc(P(c2ccccc2)c2cc3ccccc3n2-n2c(P(c3ccccc3)c3ccccc3)cc3ccccc32)cc1. The third kappa shape index (κ3) is 4.78. The maximum absolute atomic E-state index is 2.53. The minimum absolute atomic E-state index is 0.865. The van der Waals surface area contributed by atoms with Crippen molar-refractivity contribution in [2.45, 2.75) is 0 Å². The molecule has 8 rings (SSSR count). The number of rotatable bonds is 7. The summed E-state index contributed by atoms with van der Waals surface area (Å²) < 4.78 is 5.06. The summed E-state index contributed by atoms with van der Waals surface area (Å²) in [6.07, 6.45) is 0. The van der Waals surface area contributed by atoms with Gasteiger partial charge in [0.2, 0.25) is 0 Å². The molecule has 0 bridgehead atoms. The predicted molar refractivity (Wildman–Crippen MR) is 192 cm³/mol. The molecule has 0 radical (unpaired) electrons. The summed E-state index contributed by atoms with van der Waals surface area (Å²) in [6, 6.07) is 66.6. The van der Waals surface area contributed by atoms with E-state index in [1.807, 2.05) is 0 Å². The lowest BCUT2D eigenvalue weighted by atomic mass is 10.2. The van der Waals surface area contributed by atoms with Crippen molar-refractivity contribution in [2.75, 3.05) is 0 Å². The molecule has 0 saturated carbocycles. The van der Waals surface area contributed by atoms with Crippen molar-refractivity contribution in [3.8, 4) is 0 Å². The maximum Gasteiger partial charge on any atom is 0.0735 e. The molecule has 6 aromatic carbocycles. The van der Waals surface area contributed by atoms with Gasteiger partial charge in [0.1, 0.15) is 0 Å². The van der Waals surface area contributed by atoms with Crippen molar-refractivity contribution in [3.63, 3.8) is 0 Å². The van der Waals surface area contributed by atoms with Gasteiger partial charge in [-0.1, -0.05) is 158 Å². The topological polar surface area (TPSA) is 9.86 Å². The standard InChI is InChI=1S/C40H30N2P2/c1-5-19-33(20-6-1)43(34-21-7-2-8-22-34)39-29-31-17-13-15-27-37(31)41(39)42-38-28-16-14-18-32(38)30-40(42)44(35-23-9-3-10-24-35)36-25-11-4-12-26-36/h1-30H. The number of fused-ring (bicyclic) bond motifs is 2. The Morgan fingerprint density at radius 2 is 0.568 bits per heavy atom. The van der Waals surface area contributed by atoms with Crippen LogP contribution in [0.2, 0.25) is 0 Å². The molecule has 210 valence electrons. The zero-order chi connectivity index (χ0) is 29.3. The summed E-state index contributed by atoms with van der Waals surface area (Å²) in [7, 11) is -1.73. The second kappa shape index (κ2) is 11.7. The minimum Gasteiger partial charge on any atom is -0.247 e. The van der Waals surface area contributed by atoms with Crippen molar-refractivity contribution in [3.05, 3.63) is 182 Å². The van der Waals surface area contributed by atoms with E-state index in [1.54, 1.807) is 0 Å². The van der Waals surface area contributed by atoms with Gasteiger partial charge >= 0.3 is 0 Å². The van der Waals surface area contributed by atoms with Gasteiger partial charge in [0.05, 0.1) is 21.9 Å². The van der Waals surface area contributed by atoms with Gasteiger partial charge in [-0.05, 0) is 45.5 Å². The van der Waals surface area contributed by atoms with Crippen LogP contribution in [-0.2, 0) is 0 Å². The van der Waals surface area contributed by atoms with E-state index in [4.69, 9.17) is 0 Å². The van der Waals surface area contributed by atoms with Crippen LogP contribution in [0.4, 0.5) is 0 Å². The summed E-state index contributed by atoms with van der Waals surface area (Å²) >= 11 is 0. The van der Waals surface area contributed by atoms with Crippen LogP contribution in [0, 0.1) is 0 Å². The second-order valence-corrected chi connectivity index (χ2v) is 15.1. The van der Waals surface area contributed by atoms with E-state index in [9.17, 15) is 0 Å². The van der Waals surface area contributed by atoms with Crippen molar-refractivity contribution in [1.82, 2.24) is 9.35 Å². The fourth-order valence-corrected chi connectivity index (χ4v) is 11.0. The molecule has 0 N–H and O–H groups in total. The normalized spacial score (nSPS) is 11.6. The number of para-hydroxylation sites is 2. The second-order valence-electron chi connectivity index (χ2n) is 10.8. The molecule has 0 aliphatic rings. The van der Waals surface area contributed by atoms with Gasteiger partial charge in [0.15, 0.2) is 0 Å². The molecule has 44 heavy (non-hydrogen) atoms. The first kappa shape index (κ1) is 26.9. The van der Waals surface area contributed by atoms with Crippen LogP contribution in [0.15, 0.2) is 182 Å². The van der Waals surface area contributed by atoms with E-state index in [-0.39, 0.29) is 0 Å². The highest BCUT2D eigenvalue weighted by Crippen LogP contribution is 2.39. The van der Waals surface area contributed by atoms with E-state index in [2.05, 4.69) is 191 Å². The van der Waals surface area contributed by atoms with Crippen LogP contribution in [-0.4, -0.2) is 9.35 Å². The van der Waals surface area contributed by atoms with Gasteiger partial charge in [-0.15, -0.1) is 0 Å². The molecular formula is C40H30N2P2. The lowest BCUT2D eigenvalue weighted by Crippen LogP contribution is -2.35. The summed E-state index contributed by atoms with van der Waals surface area (Å²) in [5.74, 6) is 0. The van der Waals surface area contributed by atoms with E-state index in [0.717, 1.165) is 0 Å². The quantitative estimate of drug-likeness (QED) is 0.169. The molecule has 0 saturated heterocycles. The maximum atomic E-state index is 2.53. The average Bonchev–Trinajstić information content (AvgIpc) is 3.65. The monoisotopic (exact) mass is 600 g/mol. The Morgan fingerprint density at radius 1 is 0.295 bits per heavy atom. The summed E-state index contributed by atoms with van der Waals surface area (Å²) in [5.41, 5.74) is 5.02. The van der Waals surface area contributed by atoms with E-state index >= 15 is 0 Å². The molecule has 0 atom stereocenters. The number of benzene rings is 6. The van der Waals surface area contributed by atoms with Crippen LogP contribution in [0.3, 0.4) is 0 Å². The van der Waals surface area contributed by atoms with Crippen molar-refractivity contribution < 1.29 is 0 Å². The Bertz CT molecular complexity index is 1930. The molecule has 0 aliphatic heterocycles. The molecule has 8 aromatic rings. The van der Waals surface area contributed by atoms with Crippen LogP contribution < -0.4 is 32.1 Å². The van der Waals surface area contributed by atoms with Gasteiger partial charge in [-0.3, -0.25) is 0 Å². The first-order valence-electron chi connectivity index (χ1n) is 14.9. The molecule has 0 unspecified atom stereocenters. The fourth-order valence-electron chi connectivity index (χ4n) is 6.13. The van der Waals surface area contributed by atoms with Gasteiger partial charge in [0, 0.05) is 26.6 Å². The molecule has 0 amide bonds. The average molecular weight is 601 g/mol. The lowest BCUT2D eigenvalue weighted by Gasteiger charge is -2.27. The number of hydrogen-bond acceptors (Lipinski definition) is 0. The molecule has 0 fully saturated rings. The largest absolute Gasteiger partial charge is 0.247 e. The van der Waals surface area contributed by atoms with Crippen LogP contribution in [0.25, 0.3) is 21.8 Å². The van der Waals surface area contributed by atoms with E-state index in [0.29, 0.717) is 0 Å². The highest BCUT2D eigenvalue weighted by Gasteiger charge is 2.28. The summed E-state index contributed by atoms with van der Waals surface area (Å²) in [5, 5.41) is 7.84. The Hall–Kier alpha value is -4.74. The molecule has 2 heterocycles. The molecular weight excluding hydrogens is 570 g/mol.